The molecule has 110 valence electrons. The zero-order valence-corrected chi connectivity index (χ0v) is 12.4. The second kappa shape index (κ2) is 7.11. The first-order chi connectivity index (χ1) is 10.1. The van der Waals surface area contributed by atoms with Crippen molar-refractivity contribution in [1.29, 1.82) is 0 Å². The maximum Gasteiger partial charge on any atom is 0.319 e. The van der Waals surface area contributed by atoms with E-state index in [1.807, 2.05) is 31.2 Å². The number of aliphatic hydroxyl groups excluding tert-OH is 1. The van der Waals surface area contributed by atoms with Gasteiger partial charge in [0.05, 0.1) is 6.10 Å². The largest absolute Gasteiger partial charge is 0.387 e. The Morgan fingerprint density at radius 3 is 2.52 bits per heavy atom. The van der Waals surface area contributed by atoms with E-state index < -0.39 is 6.10 Å². The Labute approximate surface area is 128 Å². The van der Waals surface area contributed by atoms with E-state index in [-0.39, 0.29) is 12.6 Å². The number of aliphatic hydroxyl groups is 1. The molecule has 21 heavy (non-hydrogen) atoms. The summed E-state index contributed by atoms with van der Waals surface area (Å²) < 4.78 is 0. The van der Waals surface area contributed by atoms with Crippen LogP contribution in [0.4, 0.5) is 10.5 Å². The lowest BCUT2D eigenvalue weighted by Gasteiger charge is -2.14. The van der Waals surface area contributed by atoms with Gasteiger partial charge in [0, 0.05) is 22.8 Å². The molecule has 4 nitrogen and oxygen atoms in total. The van der Waals surface area contributed by atoms with Gasteiger partial charge in [-0.2, -0.15) is 0 Å². The van der Waals surface area contributed by atoms with E-state index in [1.54, 1.807) is 24.3 Å². The van der Waals surface area contributed by atoms with Crippen molar-refractivity contribution in [3.8, 4) is 0 Å². The molecule has 0 aromatic heterocycles. The summed E-state index contributed by atoms with van der Waals surface area (Å²) in [4.78, 5) is 11.8. The zero-order chi connectivity index (χ0) is 15.2. The Morgan fingerprint density at radius 2 is 1.86 bits per heavy atom. The first-order valence-corrected chi connectivity index (χ1v) is 6.98. The number of carbonyl (C=O) groups is 1. The third-order valence-corrected chi connectivity index (χ3v) is 3.37. The number of carbonyl (C=O) groups excluding carboxylic acids is 1. The molecular weight excluding hydrogens is 288 g/mol. The van der Waals surface area contributed by atoms with Crippen LogP contribution in [-0.2, 0) is 0 Å². The molecule has 0 saturated carbocycles. The normalized spacial score (nSPS) is 11.8. The van der Waals surface area contributed by atoms with Gasteiger partial charge in [-0.25, -0.2) is 4.79 Å². The Kier molecular flexibility index (Phi) is 5.20. The van der Waals surface area contributed by atoms with Gasteiger partial charge in [0.2, 0.25) is 0 Å². The third-order valence-electron chi connectivity index (χ3n) is 3.03. The SMILES string of the molecule is Cc1ccc(NC(=O)NCC(O)c2ccccc2Cl)cc1. The summed E-state index contributed by atoms with van der Waals surface area (Å²) in [5.41, 5.74) is 2.41. The second-order valence-electron chi connectivity index (χ2n) is 4.74. The van der Waals surface area contributed by atoms with Gasteiger partial charge in [0.1, 0.15) is 0 Å². The number of hydrogen-bond acceptors (Lipinski definition) is 2. The van der Waals surface area contributed by atoms with Crippen molar-refractivity contribution in [2.45, 2.75) is 13.0 Å². The zero-order valence-electron chi connectivity index (χ0n) is 11.6. The first kappa shape index (κ1) is 15.4. The van der Waals surface area contributed by atoms with Crippen LogP contribution in [0.1, 0.15) is 17.2 Å². The van der Waals surface area contributed by atoms with Gasteiger partial charge in [-0.3, -0.25) is 0 Å². The molecule has 0 heterocycles. The summed E-state index contributed by atoms with van der Waals surface area (Å²) in [6, 6.07) is 14.1. The minimum Gasteiger partial charge on any atom is -0.387 e. The molecule has 0 bridgehead atoms. The Balaban J connectivity index is 1.86. The number of rotatable bonds is 4. The van der Waals surface area contributed by atoms with Crippen LogP contribution in [0.15, 0.2) is 48.5 Å². The molecule has 0 fully saturated rings. The lowest BCUT2D eigenvalue weighted by Crippen LogP contribution is -2.32. The van der Waals surface area contributed by atoms with Crippen molar-refractivity contribution in [2.75, 3.05) is 11.9 Å². The van der Waals surface area contributed by atoms with Gasteiger partial charge in [0.15, 0.2) is 0 Å². The molecule has 0 radical (unpaired) electrons. The van der Waals surface area contributed by atoms with E-state index >= 15 is 0 Å². The van der Waals surface area contributed by atoms with E-state index in [0.29, 0.717) is 16.3 Å². The average molecular weight is 305 g/mol. The fourth-order valence-corrected chi connectivity index (χ4v) is 2.12. The molecule has 0 aliphatic rings. The van der Waals surface area contributed by atoms with E-state index in [1.165, 1.54) is 0 Å². The highest BCUT2D eigenvalue weighted by Gasteiger charge is 2.12. The van der Waals surface area contributed by atoms with Crippen LogP contribution in [0, 0.1) is 6.92 Å². The number of hydrogen-bond donors (Lipinski definition) is 3. The lowest BCUT2D eigenvalue weighted by molar-refractivity contribution is 0.175. The van der Waals surface area contributed by atoms with E-state index in [0.717, 1.165) is 5.56 Å². The monoisotopic (exact) mass is 304 g/mol. The van der Waals surface area contributed by atoms with Crippen molar-refractivity contribution >= 4 is 23.3 Å². The fraction of sp³-hybridized carbons (Fsp3) is 0.188. The van der Waals surface area contributed by atoms with Crippen molar-refractivity contribution in [3.63, 3.8) is 0 Å². The van der Waals surface area contributed by atoms with Crippen LogP contribution in [0.5, 0.6) is 0 Å². The topological polar surface area (TPSA) is 61.4 Å². The third kappa shape index (κ3) is 4.48. The van der Waals surface area contributed by atoms with Gasteiger partial charge in [-0.05, 0) is 25.1 Å². The van der Waals surface area contributed by atoms with Gasteiger partial charge < -0.3 is 15.7 Å². The van der Waals surface area contributed by atoms with E-state index in [2.05, 4.69) is 10.6 Å². The highest BCUT2D eigenvalue weighted by molar-refractivity contribution is 6.31. The number of halogens is 1. The molecule has 0 saturated heterocycles. The Hall–Kier alpha value is -2.04. The Morgan fingerprint density at radius 1 is 1.19 bits per heavy atom. The van der Waals surface area contributed by atoms with Gasteiger partial charge in [-0.1, -0.05) is 47.5 Å². The number of nitrogens with one attached hydrogen (secondary N) is 2. The molecule has 5 heteroatoms. The maximum absolute atomic E-state index is 11.8. The molecule has 0 spiro atoms. The molecule has 3 N–H and O–H groups in total. The first-order valence-electron chi connectivity index (χ1n) is 6.60. The van der Waals surface area contributed by atoms with Gasteiger partial charge in [0.25, 0.3) is 0 Å². The van der Waals surface area contributed by atoms with Gasteiger partial charge >= 0.3 is 6.03 Å². The molecule has 0 aliphatic heterocycles. The van der Waals surface area contributed by atoms with Crippen molar-refractivity contribution < 1.29 is 9.90 Å². The predicted octanol–water partition coefficient (Wildman–Crippen LogP) is 3.50. The fourth-order valence-electron chi connectivity index (χ4n) is 1.86. The van der Waals surface area contributed by atoms with Crippen molar-refractivity contribution in [1.82, 2.24) is 5.32 Å². The van der Waals surface area contributed by atoms with Crippen LogP contribution in [-0.4, -0.2) is 17.7 Å². The summed E-state index contributed by atoms with van der Waals surface area (Å²) in [5.74, 6) is 0. The summed E-state index contributed by atoms with van der Waals surface area (Å²) in [7, 11) is 0. The van der Waals surface area contributed by atoms with Crippen LogP contribution in [0.25, 0.3) is 0 Å². The summed E-state index contributed by atoms with van der Waals surface area (Å²) in [5, 5.41) is 15.8. The molecular formula is C16H17ClN2O2. The minimum absolute atomic E-state index is 0.0848. The molecule has 1 unspecified atom stereocenters. The van der Waals surface area contributed by atoms with Crippen LogP contribution in [0.3, 0.4) is 0 Å². The lowest BCUT2D eigenvalue weighted by atomic mass is 10.1. The van der Waals surface area contributed by atoms with E-state index in [9.17, 15) is 9.90 Å². The van der Waals surface area contributed by atoms with E-state index in [4.69, 9.17) is 11.6 Å². The summed E-state index contributed by atoms with van der Waals surface area (Å²) in [6.07, 6.45) is -0.845. The highest BCUT2D eigenvalue weighted by Crippen LogP contribution is 2.21. The number of urea groups is 1. The molecule has 2 aromatic rings. The maximum atomic E-state index is 11.8. The van der Waals surface area contributed by atoms with Crippen LogP contribution < -0.4 is 10.6 Å². The van der Waals surface area contributed by atoms with Crippen LogP contribution in [0.2, 0.25) is 5.02 Å². The molecule has 2 amide bonds. The predicted molar refractivity (Wildman–Crippen MR) is 84.6 cm³/mol. The molecule has 2 rings (SSSR count). The smallest absolute Gasteiger partial charge is 0.319 e. The summed E-state index contributed by atoms with van der Waals surface area (Å²) in [6.45, 7) is 2.06. The average Bonchev–Trinajstić information content (AvgIpc) is 2.48. The summed E-state index contributed by atoms with van der Waals surface area (Å²) >= 11 is 5.99. The standard InChI is InChI=1S/C16H17ClN2O2/c1-11-6-8-12(9-7-11)19-16(21)18-10-15(20)13-4-2-3-5-14(13)17/h2-9,15,20H,10H2,1H3,(H2,18,19,21). The molecule has 0 aliphatic carbocycles. The number of benzene rings is 2. The molecule has 1 atom stereocenters. The number of anilines is 1. The molecule has 2 aromatic carbocycles. The quantitative estimate of drug-likeness (QED) is 0.809. The minimum atomic E-state index is -0.845. The van der Waals surface area contributed by atoms with Gasteiger partial charge in [-0.15, -0.1) is 0 Å². The Bertz CT molecular complexity index is 614. The second-order valence-corrected chi connectivity index (χ2v) is 5.15. The number of amides is 2. The van der Waals surface area contributed by atoms with Crippen molar-refractivity contribution in [3.05, 3.63) is 64.7 Å². The number of aryl methyl sites for hydroxylation is 1. The van der Waals surface area contributed by atoms with Crippen molar-refractivity contribution in [2.24, 2.45) is 0 Å². The highest BCUT2D eigenvalue weighted by atomic mass is 35.5. The van der Waals surface area contributed by atoms with Crippen LogP contribution >= 0.6 is 11.6 Å².